The third-order valence-electron chi connectivity index (χ3n) is 1.94. The molecule has 0 fully saturated rings. The summed E-state index contributed by atoms with van der Waals surface area (Å²) >= 11 is 0. The molecule has 0 rings (SSSR count). The van der Waals surface area contributed by atoms with Gasteiger partial charge in [-0.25, -0.2) is 0 Å². The van der Waals surface area contributed by atoms with Crippen molar-refractivity contribution in [2.75, 3.05) is 0 Å². The molecule has 9 heavy (non-hydrogen) atoms. The van der Waals surface area contributed by atoms with Crippen LogP contribution in [0.15, 0.2) is 0 Å². The molecule has 0 aliphatic heterocycles. The van der Waals surface area contributed by atoms with E-state index < -0.39 is 0 Å². The summed E-state index contributed by atoms with van der Waals surface area (Å²) < 4.78 is 0. The maximum Gasteiger partial charge on any atom is 0.0579 e. The molecule has 4 radical (unpaired) electrons. The first-order chi connectivity index (χ1) is 3.85. The van der Waals surface area contributed by atoms with Gasteiger partial charge in [0.25, 0.3) is 0 Å². The molecule has 0 spiro atoms. The van der Waals surface area contributed by atoms with Crippen LogP contribution in [0, 0.1) is 11.3 Å². The standard InChI is InChI=1S/C7H14B2/c1-5(6(8)9)7(2,3)4/h5-6H,1-4H3. The van der Waals surface area contributed by atoms with E-state index in [1.54, 1.807) is 0 Å². The van der Waals surface area contributed by atoms with Crippen molar-refractivity contribution in [2.45, 2.75) is 33.4 Å². The van der Waals surface area contributed by atoms with Crippen molar-refractivity contribution in [1.29, 1.82) is 0 Å². The van der Waals surface area contributed by atoms with Gasteiger partial charge in [-0.3, -0.25) is 0 Å². The lowest BCUT2D eigenvalue weighted by atomic mass is 9.57. The average Bonchev–Trinajstić information content (AvgIpc) is 1.62. The fourth-order valence-corrected chi connectivity index (χ4v) is 0.577. The van der Waals surface area contributed by atoms with Crippen LogP contribution in [0.25, 0.3) is 0 Å². The van der Waals surface area contributed by atoms with Crippen LogP contribution in [0.3, 0.4) is 0 Å². The van der Waals surface area contributed by atoms with Gasteiger partial charge in [-0.15, -0.1) is 5.72 Å². The highest BCUT2D eigenvalue weighted by atomic mass is 14.2. The highest BCUT2D eigenvalue weighted by molar-refractivity contribution is 6.35. The minimum absolute atomic E-state index is 0.190. The maximum atomic E-state index is 5.50. The fourth-order valence-electron chi connectivity index (χ4n) is 0.577. The Balaban J connectivity index is 3.88. The molecule has 0 amide bonds. The van der Waals surface area contributed by atoms with Crippen LogP contribution in [-0.2, 0) is 0 Å². The van der Waals surface area contributed by atoms with Crippen molar-refractivity contribution in [2.24, 2.45) is 11.3 Å². The van der Waals surface area contributed by atoms with Gasteiger partial charge in [-0.2, -0.15) is 0 Å². The summed E-state index contributed by atoms with van der Waals surface area (Å²) in [5, 5.41) is 0. The molecule has 0 heterocycles. The van der Waals surface area contributed by atoms with E-state index in [0.717, 1.165) is 0 Å². The van der Waals surface area contributed by atoms with E-state index in [1.807, 2.05) is 0 Å². The first kappa shape index (κ1) is 9.13. The van der Waals surface area contributed by atoms with Gasteiger partial charge in [0.05, 0.1) is 15.7 Å². The lowest BCUT2D eigenvalue weighted by molar-refractivity contribution is 0.274. The molecule has 0 saturated heterocycles. The number of rotatable bonds is 1. The summed E-state index contributed by atoms with van der Waals surface area (Å²) in [4.78, 5) is 0. The van der Waals surface area contributed by atoms with Gasteiger partial charge in [-0.05, 0) is 5.41 Å². The first-order valence-electron chi connectivity index (χ1n) is 3.37. The molecule has 0 aromatic heterocycles. The Bertz CT molecular complexity index is 81.4. The first-order valence-corrected chi connectivity index (χ1v) is 3.37. The molecule has 0 aliphatic carbocycles. The van der Waals surface area contributed by atoms with Crippen molar-refractivity contribution in [3.8, 4) is 0 Å². The van der Waals surface area contributed by atoms with E-state index in [1.165, 1.54) is 0 Å². The molecule has 48 valence electrons. The highest BCUT2D eigenvalue weighted by Gasteiger charge is 2.21. The van der Waals surface area contributed by atoms with Crippen LogP contribution in [0.1, 0.15) is 27.7 Å². The zero-order valence-electron chi connectivity index (χ0n) is 6.81. The van der Waals surface area contributed by atoms with E-state index in [2.05, 4.69) is 27.7 Å². The molecule has 0 aliphatic rings. The molecule has 1 atom stereocenters. The SMILES string of the molecule is [B]C([B])C(C)C(C)(C)C. The van der Waals surface area contributed by atoms with Gasteiger partial charge in [0.1, 0.15) is 0 Å². The molecule has 0 saturated carbocycles. The summed E-state index contributed by atoms with van der Waals surface area (Å²) in [6.07, 6.45) is 0. The normalized spacial score (nSPS) is 16.1. The lowest BCUT2D eigenvalue weighted by Crippen LogP contribution is -2.22. The molecule has 2 heteroatoms. The summed E-state index contributed by atoms with van der Waals surface area (Å²) in [7, 11) is 11.0. The lowest BCUT2D eigenvalue weighted by Gasteiger charge is -2.31. The van der Waals surface area contributed by atoms with Crippen LogP contribution in [0.5, 0.6) is 0 Å². The van der Waals surface area contributed by atoms with Gasteiger partial charge >= 0.3 is 0 Å². The number of hydrogen-bond acceptors (Lipinski definition) is 0. The Morgan fingerprint density at radius 1 is 1.11 bits per heavy atom. The van der Waals surface area contributed by atoms with Gasteiger partial charge in [0.15, 0.2) is 0 Å². The van der Waals surface area contributed by atoms with Gasteiger partial charge < -0.3 is 0 Å². The van der Waals surface area contributed by atoms with Crippen LogP contribution < -0.4 is 0 Å². The molecule has 1 unspecified atom stereocenters. The summed E-state index contributed by atoms with van der Waals surface area (Å²) in [5.41, 5.74) is 0.0405. The van der Waals surface area contributed by atoms with Crippen molar-refractivity contribution in [3.05, 3.63) is 0 Å². The summed E-state index contributed by atoms with van der Waals surface area (Å²) in [6.45, 7) is 8.50. The largest absolute Gasteiger partial charge is 0.107 e. The van der Waals surface area contributed by atoms with Crippen molar-refractivity contribution in [3.63, 3.8) is 0 Å². The van der Waals surface area contributed by atoms with Crippen molar-refractivity contribution >= 4 is 15.7 Å². The monoisotopic (exact) mass is 120 g/mol. The number of hydrogen-bond donors (Lipinski definition) is 0. The predicted molar refractivity (Wildman–Crippen MR) is 43.9 cm³/mol. The van der Waals surface area contributed by atoms with E-state index in [9.17, 15) is 0 Å². The summed E-state index contributed by atoms with van der Waals surface area (Å²) in [5.74, 6) is 0.373. The molecular weight excluding hydrogens is 106 g/mol. The van der Waals surface area contributed by atoms with E-state index in [0.29, 0.717) is 5.92 Å². The Hall–Kier alpha value is 0.130. The molecule has 0 bridgehead atoms. The smallest absolute Gasteiger partial charge is 0.0579 e. The quantitative estimate of drug-likeness (QED) is 0.462. The van der Waals surface area contributed by atoms with Crippen molar-refractivity contribution in [1.82, 2.24) is 0 Å². The second-order valence-corrected chi connectivity index (χ2v) is 3.73. The zero-order chi connectivity index (χ0) is 7.65. The van der Waals surface area contributed by atoms with Gasteiger partial charge in [0, 0.05) is 0 Å². The average molecular weight is 120 g/mol. The summed E-state index contributed by atoms with van der Waals surface area (Å²) in [6, 6.07) is 0. The third-order valence-corrected chi connectivity index (χ3v) is 1.94. The Kier molecular flexibility index (Phi) is 2.85. The Labute approximate surface area is 61.2 Å². The van der Waals surface area contributed by atoms with Crippen LogP contribution in [-0.4, -0.2) is 15.7 Å². The predicted octanol–water partition coefficient (Wildman–Crippen LogP) is 1.75. The van der Waals surface area contributed by atoms with Crippen LogP contribution >= 0.6 is 0 Å². The van der Waals surface area contributed by atoms with Crippen molar-refractivity contribution < 1.29 is 0 Å². The third kappa shape index (κ3) is 2.98. The minimum atomic E-state index is -0.190. The van der Waals surface area contributed by atoms with Gasteiger partial charge in [0.2, 0.25) is 0 Å². The van der Waals surface area contributed by atoms with E-state index in [-0.39, 0.29) is 11.1 Å². The second kappa shape index (κ2) is 2.81. The second-order valence-electron chi connectivity index (χ2n) is 3.73. The zero-order valence-corrected chi connectivity index (χ0v) is 6.81. The molecular formula is C7H14B2. The van der Waals surface area contributed by atoms with Crippen LogP contribution in [0.2, 0.25) is 5.72 Å². The van der Waals surface area contributed by atoms with Gasteiger partial charge in [-0.1, -0.05) is 33.6 Å². The van der Waals surface area contributed by atoms with E-state index in [4.69, 9.17) is 15.7 Å². The molecule has 0 N–H and O–H groups in total. The topological polar surface area (TPSA) is 0 Å². The molecule has 0 nitrogen and oxygen atoms in total. The van der Waals surface area contributed by atoms with E-state index >= 15 is 0 Å². The van der Waals surface area contributed by atoms with Crippen LogP contribution in [0.4, 0.5) is 0 Å². The Morgan fingerprint density at radius 2 is 1.44 bits per heavy atom. The Morgan fingerprint density at radius 3 is 1.44 bits per heavy atom. The highest BCUT2D eigenvalue weighted by Crippen LogP contribution is 2.31. The fraction of sp³-hybridized carbons (Fsp3) is 1.00. The molecule has 0 aromatic carbocycles. The minimum Gasteiger partial charge on any atom is -0.107 e. The molecule has 0 aromatic rings. The maximum absolute atomic E-state index is 5.50.